The zero-order valence-electron chi connectivity index (χ0n) is 10.1. The molecule has 4 heteroatoms. The van der Waals surface area contributed by atoms with E-state index in [-0.39, 0.29) is 5.43 Å². The molecule has 1 aromatic carbocycles. The number of nitriles is 1. The van der Waals surface area contributed by atoms with Crippen LogP contribution in [0.4, 0.5) is 0 Å². The molecule has 2 aromatic rings. The van der Waals surface area contributed by atoms with Gasteiger partial charge in [0.2, 0.25) is 0 Å². The van der Waals surface area contributed by atoms with Crippen LogP contribution in [-0.2, 0) is 0 Å². The first-order valence-electron chi connectivity index (χ1n) is 5.43. The molecule has 90 valence electrons. The van der Waals surface area contributed by atoms with Crippen LogP contribution in [0.15, 0.2) is 39.6 Å². The van der Waals surface area contributed by atoms with Gasteiger partial charge in [0.25, 0.3) is 0 Å². The molecule has 0 radical (unpaired) electrons. The predicted molar refractivity (Wildman–Crippen MR) is 73.9 cm³/mol. The molecule has 0 spiro atoms. The van der Waals surface area contributed by atoms with Gasteiger partial charge in [-0.3, -0.25) is 4.79 Å². The second-order valence-electron chi connectivity index (χ2n) is 4.08. The second-order valence-corrected chi connectivity index (χ2v) is 5.00. The summed E-state index contributed by atoms with van der Waals surface area (Å²) in [4.78, 5) is 11.4. The number of nitrogens with zero attached hydrogens (tertiary/aromatic N) is 2. The van der Waals surface area contributed by atoms with Crippen molar-refractivity contribution in [2.45, 2.75) is 13.8 Å². The largest absolute Gasteiger partial charge is 0.317 e. The maximum atomic E-state index is 11.4. The highest BCUT2D eigenvalue weighted by atomic mass is 79.9. The van der Waals surface area contributed by atoms with Crippen molar-refractivity contribution >= 4 is 15.9 Å². The summed E-state index contributed by atoms with van der Waals surface area (Å²) in [7, 11) is 0. The summed E-state index contributed by atoms with van der Waals surface area (Å²) in [5.74, 6) is 0. The molecule has 0 unspecified atom stereocenters. The number of aromatic nitrogens is 1. The molecule has 0 aliphatic carbocycles. The summed E-state index contributed by atoms with van der Waals surface area (Å²) in [6.45, 7) is 3.72. The van der Waals surface area contributed by atoms with Crippen LogP contribution in [-0.4, -0.2) is 4.57 Å². The summed E-state index contributed by atoms with van der Waals surface area (Å²) in [6.07, 6.45) is 0. The van der Waals surface area contributed by atoms with Gasteiger partial charge in [-0.15, -0.1) is 0 Å². The number of rotatable bonds is 1. The van der Waals surface area contributed by atoms with E-state index >= 15 is 0 Å². The maximum Gasteiger partial charge on any atom is 0.182 e. The van der Waals surface area contributed by atoms with Crippen molar-refractivity contribution in [2.24, 2.45) is 0 Å². The molecule has 0 aliphatic rings. The van der Waals surface area contributed by atoms with E-state index in [0.717, 1.165) is 21.5 Å². The lowest BCUT2D eigenvalue weighted by Gasteiger charge is -2.15. The summed E-state index contributed by atoms with van der Waals surface area (Å²) < 4.78 is 2.77. The zero-order valence-corrected chi connectivity index (χ0v) is 11.7. The lowest BCUT2D eigenvalue weighted by Crippen LogP contribution is -2.12. The summed E-state index contributed by atoms with van der Waals surface area (Å²) >= 11 is 3.35. The van der Waals surface area contributed by atoms with Crippen LogP contribution in [0.1, 0.15) is 17.0 Å². The molecule has 0 aliphatic heterocycles. The van der Waals surface area contributed by atoms with Crippen molar-refractivity contribution in [1.29, 1.82) is 5.26 Å². The Hall–Kier alpha value is -1.86. The SMILES string of the molecule is Cc1cc(=O)cc(C)n1-c1ccc(Br)cc1C#N. The number of benzene rings is 1. The first kappa shape index (κ1) is 12.6. The molecule has 0 saturated heterocycles. The monoisotopic (exact) mass is 302 g/mol. The zero-order chi connectivity index (χ0) is 13.3. The van der Waals surface area contributed by atoms with Gasteiger partial charge in [-0.05, 0) is 32.0 Å². The highest BCUT2D eigenvalue weighted by Crippen LogP contribution is 2.21. The van der Waals surface area contributed by atoms with Crippen LogP contribution in [0.25, 0.3) is 5.69 Å². The van der Waals surface area contributed by atoms with Crippen molar-refractivity contribution in [2.75, 3.05) is 0 Å². The number of hydrogen-bond acceptors (Lipinski definition) is 2. The van der Waals surface area contributed by atoms with Crippen molar-refractivity contribution in [3.05, 3.63) is 62.0 Å². The van der Waals surface area contributed by atoms with Crippen LogP contribution in [0.3, 0.4) is 0 Å². The average Bonchev–Trinajstić information content (AvgIpc) is 2.29. The second kappa shape index (κ2) is 4.79. The predicted octanol–water partition coefficient (Wildman–Crippen LogP) is 3.09. The standard InChI is InChI=1S/C14H11BrN2O/c1-9-5-13(18)6-10(2)17(9)14-4-3-12(15)7-11(14)8-16/h3-7H,1-2H3. The topological polar surface area (TPSA) is 45.8 Å². The Morgan fingerprint density at radius 1 is 1.17 bits per heavy atom. The molecular weight excluding hydrogens is 292 g/mol. The van der Waals surface area contributed by atoms with Crippen molar-refractivity contribution in [3.8, 4) is 11.8 Å². The van der Waals surface area contributed by atoms with Gasteiger partial charge >= 0.3 is 0 Å². The number of halogens is 1. The van der Waals surface area contributed by atoms with E-state index < -0.39 is 0 Å². The van der Waals surface area contributed by atoms with Crippen LogP contribution in [0, 0.1) is 25.2 Å². The average molecular weight is 303 g/mol. The van der Waals surface area contributed by atoms with Gasteiger partial charge in [-0.1, -0.05) is 15.9 Å². The van der Waals surface area contributed by atoms with Gasteiger partial charge in [0.05, 0.1) is 11.3 Å². The molecule has 0 atom stereocenters. The smallest absolute Gasteiger partial charge is 0.182 e. The molecule has 0 N–H and O–H groups in total. The first-order chi connectivity index (χ1) is 8.52. The normalized spacial score (nSPS) is 10.1. The molecule has 2 rings (SSSR count). The minimum atomic E-state index is -0.0168. The van der Waals surface area contributed by atoms with Crippen LogP contribution in [0.2, 0.25) is 0 Å². The Bertz CT molecular complexity index is 684. The summed E-state index contributed by atoms with van der Waals surface area (Å²) in [5.41, 5.74) is 2.98. The van der Waals surface area contributed by atoms with E-state index in [9.17, 15) is 10.1 Å². The van der Waals surface area contributed by atoms with Crippen LogP contribution < -0.4 is 5.43 Å². The Labute approximate surface area is 113 Å². The Morgan fingerprint density at radius 2 is 1.78 bits per heavy atom. The van der Waals surface area contributed by atoms with Crippen molar-refractivity contribution in [3.63, 3.8) is 0 Å². The van der Waals surface area contributed by atoms with E-state index in [2.05, 4.69) is 22.0 Å². The molecule has 3 nitrogen and oxygen atoms in total. The van der Waals surface area contributed by atoms with Gasteiger partial charge in [-0.2, -0.15) is 5.26 Å². The third-order valence-corrected chi connectivity index (χ3v) is 3.22. The van der Waals surface area contributed by atoms with Crippen molar-refractivity contribution < 1.29 is 0 Å². The Balaban J connectivity index is 2.78. The molecule has 18 heavy (non-hydrogen) atoms. The highest BCUT2D eigenvalue weighted by molar-refractivity contribution is 9.10. The third kappa shape index (κ3) is 2.22. The van der Waals surface area contributed by atoms with Crippen LogP contribution >= 0.6 is 15.9 Å². The molecule has 0 fully saturated rings. The molecule has 1 heterocycles. The summed E-state index contributed by atoms with van der Waals surface area (Å²) in [6, 6.07) is 10.8. The minimum absolute atomic E-state index is 0.0168. The first-order valence-corrected chi connectivity index (χ1v) is 6.22. The maximum absolute atomic E-state index is 11.4. The van der Waals surface area contributed by atoms with Gasteiger partial charge < -0.3 is 4.57 Å². The van der Waals surface area contributed by atoms with E-state index in [1.54, 1.807) is 18.2 Å². The lowest BCUT2D eigenvalue weighted by molar-refractivity contribution is 0.918. The number of hydrogen-bond donors (Lipinski definition) is 0. The van der Waals surface area contributed by atoms with Gasteiger partial charge in [0.15, 0.2) is 5.43 Å². The molecular formula is C14H11BrN2O. The number of aryl methyl sites for hydroxylation is 2. The highest BCUT2D eigenvalue weighted by Gasteiger charge is 2.09. The van der Waals surface area contributed by atoms with Gasteiger partial charge in [0.1, 0.15) is 6.07 Å². The Morgan fingerprint density at radius 3 is 2.33 bits per heavy atom. The fourth-order valence-electron chi connectivity index (χ4n) is 2.03. The minimum Gasteiger partial charge on any atom is -0.317 e. The van der Waals surface area contributed by atoms with Crippen LogP contribution in [0.5, 0.6) is 0 Å². The van der Waals surface area contributed by atoms with E-state index in [1.807, 2.05) is 30.5 Å². The lowest BCUT2D eigenvalue weighted by atomic mass is 10.1. The molecule has 0 amide bonds. The third-order valence-electron chi connectivity index (χ3n) is 2.73. The van der Waals surface area contributed by atoms with E-state index in [0.29, 0.717) is 5.56 Å². The fourth-order valence-corrected chi connectivity index (χ4v) is 2.39. The Kier molecular flexibility index (Phi) is 3.35. The number of pyridine rings is 1. The molecule has 0 saturated carbocycles. The quantitative estimate of drug-likeness (QED) is 0.812. The van der Waals surface area contributed by atoms with Crippen molar-refractivity contribution in [1.82, 2.24) is 4.57 Å². The molecule has 0 bridgehead atoms. The van der Waals surface area contributed by atoms with E-state index in [1.165, 1.54) is 0 Å². The fraction of sp³-hybridized carbons (Fsp3) is 0.143. The van der Waals surface area contributed by atoms with Gasteiger partial charge in [0, 0.05) is 28.0 Å². The van der Waals surface area contributed by atoms with Gasteiger partial charge in [-0.25, -0.2) is 0 Å². The van der Waals surface area contributed by atoms with E-state index in [4.69, 9.17) is 0 Å². The molecule has 1 aromatic heterocycles. The summed E-state index contributed by atoms with van der Waals surface area (Å²) in [5, 5.41) is 9.19.